The minimum absolute atomic E-state index is 0.0527. The minimum atomic E-state index is -0.937. The van der Waals surface area contributed by atoms with Crippen molar-refractivity contribution >= 4 is 0 Å². The van der Waals surface area contributed by atoms with E-state index in [1.54, 1.807) is 0 Å². The Morgan fingerprint density at radius 3 is 1.43 bits per heavy atom. The standard InChI is InChI=1S/C17H36O4/c1-14(2)19-17(20-15(3)4,21-16(5)6)12-10-8-7-9-11-13-18/h14-16,18H,7-13H2,1-6H3. The zero-order valence-electron chi connectivity index (χ0n) is 14.9. The van der Waals surface area contributed by atoms with Gasteiger partial charge in [0.25, 0.3) is 5.97 Å². The van der Waals surface area contributed by atoms with Crippen molar-refractivity contribution < 1.29 is 19.3 Å². The van der Waals surface area contributed by atoms with Gasteiger partial charge in [-0.1, -0.05) is 19.3 Å². The zero-order valence-corrected chi connectivity index (χ0v) is 14.9. The van der Waals surface area contributed by atoms with Gasteiger partial charge in [-0.05, 0) is 54.4 Å². The molecule has 0 amide bonds. The summed E-state index contributed by atoms with van der Waals surface area (Å²) in [5.41, 5.74) is 0. The fourth-order valence-corrected chi connectivity index (χ4v) is 2.32. The first-order chi connectivity index (χ1) is 9.81. The number of hydrogen-bond donors (Lipinski definition) is 1. The van der Waals surface area contributed by atoms with Crippen LogP contribution in [0.25, 0.3) is 0 Å². The van der Waals surface area contributed by atoms with Gasteiger partial charge in [-0.25, -0.2) is 0 Å². The van der Waals surface area contributed by atoms with E-state index < -0.39 is 5.97 Å². The molecule has 0 unspecified atom stereocenters. The molecule has 0 aliphatic heterocycles. The van der Waals surface area contributed by atoms with E-state index in [4.69, 9.17) is 19.3 Å². The Morgan fingerprint density at radius 1 is 0.667 bits per heavy atom. The van der Waals surface area contributed by atoms with Crippen molar-refractivity contribution in [3.8, 4) is 0 Å². The van der Waals surface area contributed by atoms with Gasteiger partial charge in [-0.15, -0.1) is 0 Å². The van der Waals surface area contributed by atoms with Gasteiger partial charge in [0, 0.05) is 13.0 Å². The van der Waals surface area contributed by atoms with E-state index in [2.05, 4.69) is 0 Å². The fraction of sp³-hybridized carbons (Fsp3) is 1.00. The highest BCUT2D eigenvalue weighted by Crippen LogP contribution is 2.28. The molecule has 0 saturated carbocycles. The average Bonchev–Trinajstić information content (AvgIpc) is 2.30. The van der Waals surface area contributed by atoms with Crippen molar-refractivity contribution in [2.45, 2.75) is 104 Å². The van der Waals surface area contributed by atoms with E-state index in [0.717, 1.165) is 38.5 Å². The highest BCUT2D eigenvalue weighted by atomic mass is 16.9. The molecular weight excluding hydrogens is 268 g/mol. The lowest BCUT2D eigenvalue weighted by Gasteiger charge is -2.37. The van der Waals surface area contributed by atoms with Crippen molar-refractivity contribution in [2.24, 2.45) is 0 Å². The summed E-state index contributed by atoms with van der Waals surface area (Å²) >= 11 is 0. The zero-order chi connectivity index (χ0) is 16.3. The topological polar surface area (TPSA) is 47.9 Å². The van der Waals surface area contributed by atoms with Crippen molar-refractivity contribution in [3.05, 3.63) is 0 Å². The predicted octanol–water partition coefficient (Wildman–Crippen LogP) is 4.25. The predicted molar refractivity (Wildman–Crippen MR) is 86.2 cm³/mol. The van der Waals surface area contributed by atoms with E-state index in [9.17, 15) is 0 Å². The number of rotatable bonds is 13. The van der Waals surface area contributed by atoms with Crippen LogP contribution in [0.1, 0.15) is 80.1 Å². The summed E-state index contributed by atoms with van der Waals surface area (Å²) in [5, 5.41) is 8.79. The molecule has 0 aromatic rings. The van der Waals surface area contributed by atoms with Crippen LogP contribution >= 0.6 is 0 Å². The largest absolute Gasteiger partial charge is 0.396 e. The van der Waals surface area contributed by atoms with Crippen LogP contribution in [0.15, 0.2) is 0 Å². The van der Waals surface area contributed by atoms with Crippen LogP contribution in [0.3, 0.4) is 0 Å². The molecule has 0 saturated heterocycles. The Balaban J connectivity index is 4.51. The number of aliphatic hydroxyl groups excluding tert-OH is 1. The maximum absolute atomic E-state index is 8.79. The van der Waals surface area contributed by atoms with Crippen LogP contribution in [0.5, 0.6) is 0 Å². The monoisotopic (exact) mass is 304 g/mol. The summed E-state index contributed by atoms with van der Waals surface area (Å²) in [4.78, 5) is 0. The van der Waals surface area contributed by atoms with Gasteiger partial charge in [0.05, 0.1) is 18.3 Å². The SMILES string of the molecule is CC(C)OC(CCCCCCCO)(OC(C)C)OC(C)C. The smallest absolute Gasteiger partial charge is 0.283 e. The summed E-state index contributed by atoms with van der Waals surface area (Å²) < 4.78 is 18.0. The van der Waals surface area contributed by atoms with Gasteiger partial charge in [-0.3, -0.25) is 0 Å². The minimum Gasteiger partial charge on any atom is -0.396 e. The van der Waals surface area contributed by atoms with Gasteiger partial charge in [0.15, 0.2) is 0 Å². The van der Waals surface area contributed by atoms with Gasteiger partial charge in [-0.2, -0.15) is 0 Å². The Morgan fingerprint density at radius 2 is 1.05 bits per heavy atom. The molecule has 4 nitrogen and oxygen atoms in total. The summed E-state index contributed by atoms with van der Waals surface area (Å²) in [6.45, 7) is 12.3. The van der Waals surface area contributed by atoms with Crippen LogP contribution in [-0.4, -0.2) is 36.0 Å². The summed E-state index contributed by atoms with van der Waals surface area (Å²) in [6, 6.07) is 0. The molecule has 4 heteroatoms. The van der Waals surface area contributed by atoms with Crippen LogP contribution in [-0.2, 0) is 14.2 Å². The molecule has 0 spiro atoms. The third-order valence-corrected chi connectivity index (χ3v) is 2.89. The molecule has 0 aromatic carbocycles. The highest BCUT2D eigenvalue weighted by Gasteiger charge is 2.36. The van der Waals surface area contributed by atoms with E-state index in [1.165, 1.54) is 0 Å². The molecule has 128 valence electrons. The second kappa shape index (κ2) is 11.4. The normalized spacial score (nSPS) is 12.9. The first-order valence-corrected chi connectivity index (χ1v) is 8.45. The lowest BCUT2D eigenvalue weighted by atomic mass is 10.1. The Labute approximate surface area is 131 Å². The highest BCUT2D eigenvalue weighted by molar-refractivity contribution is 4.64. The number of unbranched alkanes of at least 4 members (excludes halogenated alkanes) is 4. The first-order valence-electron chi connectivity index (χ1n) is 8.45. The van der Waals surface area contributed by atoms with Crippen LogP contribution in [0.4, 0.5) is 0 Å². The maximum Gasteiger partial charge on any atom is 0.283 e. The molecule has 21 heavy (non-hydrogen) atoms. The van der Waals surface area contributed by atoms with Gasteiger partial charge < -0.3 is 19.3 Å². The molecule has 0 aromatic heterocycles. The van der Waals surface area contributed by atoms with E-state index in [1.807, 2.05) is 41.5 Å². The third kappa shape index (κ3) is 11.1. The molecule has 0 atom stereocenters. The van der Waals surface area contributed by atoms with Gasteiger partial charge in [0.2, 0.25) is 0 Å². The van der Waals surface area contributed by atoms with Crippen molar-refractivity contribution in [3.63, 3.8) is 0 Å². The van der Waals surface area contributed by atoms with E-state index >= 15 is 0 Å². The number of ether oxygens (including phenoxy) is 3. The molecule has 0 radical (unpaired) electrons. The number of hydrogen-bond acceptors (Lipinski definition) is 4. The quantitative estimate of drug-likeness (QED) is 0.408. The summed E-state index contributed by atoms with van der Waals surface area (Å²) in [6.07, 6.45) is 6.08. The average molecular weight is 304 g/mol. The lowest BCUT2D eigenvalue weighted by Crippen LogP contribution is -2.44. The molecule has 0 heterocycles. The fourth-order valence-electron chi connectivity index (χ4n) is 2.32. The summed E-state index contributed by atoms with van der Waals surface area (Å²) in [7, 11) is 0. The van der Waals surface area contributed by atoms with Crippen molar-refractivity contribution in [1.82, 2.24) is 0 Å². The number of aliphatic hydroxyl groups is 1. The van der Waals surface area contributed by atoms with Crippen molar-refractivity contribution in [1.29, 1.82) is 0 Å². The molecule has 0 bridgehead atoms. The van der Waals surface area contributed by atoms with E-state index in [-0.39, 0.29) is 24.9 Å². The molecule has 0 fully saturated rings. The first kappa shape index (κ1) is 20.8. The Hall–Kier alpha value is -0.160. The molecule has 0 rings (SSSR count). The molecular formula is C17H36O4. The lowest BCUT2D eigenvalue weighted by molar-refractivity contribution is -0.412. The Kier molecular flexibility index (Phi) is 11.3. The second-order valence-electron chi connectivity index (χ2n) is 6.42. The molecule has 0 aliphatic rings. The van der Waals surface area contributed by atoms with Crippen molar-refractivity contribution in [2.75, 3.05) is 6.61 Å². The van der Waals surface area contributed by atoms with Gasteiger partial charge in [0.1, 0.15) is 0 Å². The molecule has 1 N–H and O–H groups in total. The van der Waals surface area contributed by atoms with Crippen LogP contribution in [0, 0.1) is 0 Å². The van der Waals surface area contributed by atoms with Gasteiger partial charge >= 0.3 is 0 Å². The maximum atomic E-state index is 8.79. The third-order valence-electron chi connectivity index (χ3n) is 2.89. The van der Waals surface area contributed by atoms with Crippen LogP contribution < -0.4 is 0 Å². The summed E-state index contributed by atoms with van der Waals surface area (Å²) in [5.74, 6) is -0.937. The van der Waals surface area contributed by atoms with Crippen LogP contribution in [0.2, 0.25) is 0 Å². The van der Waals surface area contributed by atoms with E-state index in [0.29, 0.717) is 0 Å². The Bertz CT molecular complexity index is 212. The molecule has 0 aliphatic carbocycles. The second-order valence-corrected chi connectivity index (χ2v) is 6.42.